The number of amides is 1. The van der Waals surface area contributed by atoms with Crippen LogP contribution in [0.1, 0.15) is 115 Å². The minimum atomic E-state index is 0.0871. The standard InChI is InChI=1S/C30H49NO3/c1-3-4-5-6-7-8-9-10-11-12-13-14-15-16-17-18-19-20-21-22-30(33)31-26-27-23-24-28(32)29(25-27)34-2/h7-8,10-11,23-25,32H,3-6,9,12-22,26H2,1-2H3,(H,31,33)/b8-7-,11-10-. The Kier molecular flexibility index (Phi) is 18.7. The number of benzene rings is 1. The van der Waals surface area contributed by atoms with Gasteiger partial charge in [-0.3, -0.25) is 4.79 Å². The van der Waals surface area contributed by atoms with Crippen molar-refractivity contribution in [2.24, 2.45) is 0 Å². The van der Waals surface area contributed by atoms with E-state index < -0.39 is 0 Å². The molecule has 192 valence electrons. The van der Waals surface area contributed by atoms with Crippen molar-refractivity contribution in [1.82, 2.24) is 5.32 Å². The Balaban J connectivity index is 1.87. The van der Waals surface area contributed by atoms with E-state index in [9.17, 15) is 9.90 Å². The normalized spacial score (nSPS) is 11.5. The molecule has 0 bridgehead atoms. The number of aromatic hydroxyl groups is 1. The molecule has 1 aromatic carbocycles. The molecule has 1 rings (SSSR count). The molecule has 0 spiro atoms. The monoisotopic (exact) mass is 471 g/mol. The first-order valence-electron chi connectivity index (χ1n) is 13.6. The number of nitrogens with one attached hydrogen (secondary N) is 1. The molecule has 4 heteroatoms. The Bertz CT molecular complexity index is 696. The third-order valence-electron chi connectivity index (χ3n) is 6.09. The number of unbranched alkanes of at least 4 members (excludes halogenated alkanes) is 12. The second-order valence-electron chi connectivity index (χ2n) is 9.18. The Labute approximate surface area is 208 Å². The summed E-state index contributed by atoms with van der Waals surface area (Å²) in [6.45, 7) is 2.71. The molecule has 0 fully saturated rings. The zero-order valence-corrected chi connectivity index (χ0v) is 21.8. The molecule has 0 radical (unpaired) electrons. The highest BCUT2D eigenvalue weighted by Gasteiger charge is 2.05. The summed E-state index contributed by atoms with van der Waals surface area (Å²) >= 11 is 0. The van der Waals surface area contributed by atoms with Gasteiger partial charge in [0.15, 0.2) is 11.5 Å². The summed E-state index contributed by atoms with van der Waals surface area (Å²) in [5.41, 5.74) is 0.921. The maximum atomic E-state index is 12.0. The van der Waals surface area contributed by atoms with Crippen LogP contribution in [0.15, 0.2) is 42.5 Å². The largest absolute Gasteiger partial charge is 0.504 e. The van der Waals surface area contributed by atoms with Gasteiger partial charge in [-0.15, -0.1) is 0 Å². The molecule has 0 saturated carbocycles. The van der Waals surface area contributed by atoms with Gasteiger partial charge in [0.25, 0.3) is 0 Å². The molecule has 0 aromatic heterocycles. The van der Waals surface area contributed by atoms with E-state index >= 15 is 0 Å². The number of allylic oxidation sites excluding steroid dienone is 4. The zero-order valence-electron chi connectivity index (χ0n) is 21.8. The first-order valence-corrected chi connectivity index (χ1v) is 13.6. The van der Waals surface area contributed by atoms with Crippen molar-refractivity contribution in [3.63, 3.8) is 0 Å². The second-order valence-corrected chi connectivity index (χ2v) is 9.18. The fourth-order valence-electron chi connectivity index (χ4n) is 3.93. The van der Waals surface area contributed by atoms with Gasteiger partial charge in [-0.1, -0.05) is 95.1 Å². The Morgan fingerprint density at radius 3 is 2.06 bits per heavy atom. The van der Waals surface area contributed by atoms with E-state index in [0.29, 0.717) is 18.7 Å². The molecule has 1 amide bonds. The van der Waals surface area contributed by atoms with E-state index in [1.54, 1.807) is 18.2 Å². The summed E-state index contributed by atoms with van der Waals surface area (Å²) in [6.07, 6.45) is 28.6. The minimum absolute atomic E-state index is 0.0871. The van der Waals surface area contributed by atoms with Crippen molar-refractivity contribution < 1.29 is 14.6 Å². The number of rotatable bonds is 21. The van der Waals surface area contributed by atoms with Crippen molar-refractivity contribution in [1.29, 1.82) is 0 Å². The third kappa shape index (κ3) is 16.4. The number of phenols is 1. The zero-order chi connectivity index (χ0) is 24.7. The minimum Gasteiger partial charge on any atom is -0.504 e. The van der Waals surface area contributed by atoms with Gasteiger partial charge in [0.1, 0.15) is 0 Å². The lowest BCUT2D eigenvalue weighted by atomic mass is 10.1. The van der Waals surface area contributed by atoms with E-state index in [4.69, 9.17) is 4.74 Å². The highest BCUT2D eigenvalue weighted by molar-refractivity contribution is 5.75. The van der Waals surface area contributed by atoms with Crippen LogP contribution in [0.5, 0.6) is 11.5 Å². The SMILES string of the molecule is CCCCC/C=C\C/C=C\CCCCCCCCCCCC(=O)NCc1ccc(O)c(OC)c1. The average molecular weight is 472 g/mol. The van der Waals surface area contributed by atoms with Crippen molar-refractivity contribution in [2.45, 2.75) is 116 Å². The van der Waals surface area contributed by atoms with Crippen molar-refractivity contribution in [3.8, 4) is 11.5 Å². The fourth-order valence-corrected chi connectivity index (χ4v) is 3.93. The van der Waals surface area contributed by atoms with Crippen molar-refractivity contribution >= 4 is 5.91 Å². The third-order valence-corrected chi connectivity index (χ3v) is 6.09. The summed E-state index contributed by atoms with van der Waals surface area (Å²) in [5, 5.41) is 12.6. The number of phenolic OH excluding ortho intramolecular Hbond substituents is 1. The number of hydrogen-bond acceptors (Lipinski definition) is 3. The van der Waals surface area contributed by atoms with E-state index in [2.05, 4.69) is 36.5 Å². The van der Waals surface area contributed by atoms with E-state index in [0.717, 1.165) is 24.8 Å². The lowest BCUT2D eigenvalue weighted by Crippen LogP contribution is -2.22. The first kappa shape index (κ1) is 29.8. The van der Waals surface area contributed by atoms with Gasteiger partial charge < -0.3 is 15.2 Å². The number of methoxy groups -OCH3 is 1. The van der Waals surface area contributed by atoms with Crippen LogP contribution in [-0.4, -0.2) is 18.1 Å². The van der Waals surface area contributed by atoms with Gasteiger partial charge in [-0.2, -0.15) is 0 Å². The molecule has 0 aliphatic heterocycles. The van der Waals surface area contributed by atoms with E-state index in [1.165, 1.54) is 84.2 Å². The summed E-state index contributed by atoms with van der Waals surface area (Å²) in [7, 11) is 1.52. The molecule has 0 heterocycles. The van der Waals surface area contributed by atoms with Crippen LogP contribution >= 0.6 is 0 Å². The van der Waals surface area contributed by atoms with Gasteiger partial charge in [-0.05, 0) is 56.2 Å². The highest BCUT2D eigenvalue weighted by atomic mass is 16.5. The smallest absolute Gasteiger partial charge is 0.220 e. The molecule has 0 atom stereocenters. The van der Waals surface area contributed by atoms with Crippen LogP contribution < -0.4 is 10.1 Å². The molecule has 0 aliphatic rings. The van der Waals surface area contributed by atoms with Gasteiger partial charge in [0, 0.05) is 13.0 Å². The number of carbonyl (C=O) groups excluding carboxylic acids is 1. The predicted molar refractivity (Wildman–Crippen MR) is 144 cm³/mol. The molecule has 0 saturated heterocycles. The number of carbonyl (C=O) groups is 1. The average Bonchev–Trinajstić information content (AvgIpc) is 2.85. The Morgan fingerprint density at radius 2 is 1.44 bits per heavy atom. The highest BCUT2D eigenvalue weighted by Crippen LogP contribution is 2.26. The quantitative estimate of drug-likeness (QED) is 0.140. The lowest BCUT2D eigenvalue weighted by molar-refractivity contribution is -0.121. The summed E-state index contributed by atoms with van der Waals surface area (Å²) in [6, 6.07) is 5.14. The second kappa shape index (κ2) is 21.3. The lowest BCUT2D eigenvalue weighted by Gasteiger charge is -2.08. The summed E-state index contributed by atoms with van der Waals surface area (Å²) in [5.74, 6) is 0.630. The first-order chi connectivity index (χ1) is 16.7. The van der Waals surface area contributed by atoms with Crippen LogP contribution in [0.4, 0.5) is 0 Å². The fraction of sp³-hybridized carbons (Fsp3) is 0.633. The maximum Gasteiger partial charge on any atom is 0.220 e. The van der Waals surface area contributed by atoms with Crippen LogP contribution in [0.3, 0.4) is 0 Å². The molecule has 34 heavy (non-hydrogen) atoms. The van der Waals surface area contributed by atoms with E-state index in [1.807, 2.05) is 0 Å². The topological polar surface area (TPSA) is 58.6 Å². The Morgan fingerprint density at radius 1 is 0.853 bits per heavy atom. The predicted octanol–water partition coefficient (Wildman–Crippen LogP) is 8.39. The molecular weight excluding hydrogens is 422 g/mol. The maximum absolute atomic E-state index is 12.0. The number of ether oxygens (including phenoxy) is 1. The van der Waals surface area contributed by atoms with Gasteiger partial charge in [0.05, 0.1) is 7.11 Å². The van der Waals surface area contributed by atoms with Crippen LogP contribution in [0.25, 0.3) is 0 Å². The summed E-state index contributed by atoms with van der Waals surface area (Å²) < 4.78 is 5.10. The van der Waals surface area contributed by atoms with Crippen LogP contribution in [0, 0.1) is 0 Å². The molecule has 2 N–H and O–H groups in total. The van der Waals surface area contributed by atoms with Crippen LogP contribution in [0.2, 0.25) is 0 Å². The van der Waals surface area contributed by atoms with Gasteiger partial charge >= 0.3 is 0 Å². The van der Waals surface area contributed by atoms with E-state index in [-0.39, 0.29) is 11.7 Å². The van der Waals surface area contributed by atoms with Gasteiger partial charge in [0.2, 0.25) is 5.91 Å². The van der Waals surface area contributed by atoms with Gasteiger partial charge in [-0.25, -0.2) is 0 Å². The van der Waals surface area contributed by atoms with Crippen molar-refractivity contribution in [3.05, 3.63) is 48.1 Å². The molecule has 4 nitrogen and oxygen atoms in total. The molecular formula is C30H49NO3. The summed E-state index contributed by atoms with van der Waals surface area (Å²) in [4.78, 5) is 12.0. The van der Waals surface area contributed by atoms with Crippen LogP contribution in [-0.2, 0) is 11.3 Å². The molecule has 0 aliphatic carbocycles. The van der Waals surface area contributed by atoms with Crippen molar-refractivity contribution in [2.75, 3.05) is 7.11 Å². The molecule has 0 unspecified atom stereocenters. The molecule has 1 aromatic rings. The Hall–Kier alpha value is -2.23. The number of hydrogen-bond donors (Lipinski definition) is 2.